The molecule has 2 fully saturated rings. The Morgan fingerprint density at radius 3 is 2.74 bits per heavy atom. The number of fused-ring (bicyclic) bond motifs is 1. The first-order valence-electron chi connectivity index (χ1n) is 7.54. The Morgan fingerprint density at radius 2 is 2.04 bits per heavy atom. The lowest BCUT2D eigenvalue weighted by Crippen LogP contribution is -2.46. The first-order chi connectivity index (χ1) is 11.1. The number of rotatable bonds is 1. The van der Waals surface area contributed by atoms with Gasteiger partial charge in [-0.05, 0) is 31.0 Å². The topological polar surface area (TPSA) is 79.4 Å². The molecule has 7 heteroatoms. The van der Waals surface area contributed by atoms with E-state index in [4.69, 9.17) is 0 Å². The fourth-order valence-electron chi connectivity index (χ4n) is 3.41. The van der Waals surface area contributed by atoms with E-state index >= 15 is 0 Å². The monoisotopic (exact) mass is 329 g/mol. The maximum absolute atomic E-state index is 12.6. The highest BCUT2D eigenvalue weighted by atomic mass is 32.1. The number of piperidine rings is 1. The number of hydrogen-bond donors (Lipinski definition) is 1. The summed E-state index contributed by atoms with van der Waals surface area (Å²) in [4.78, 5) is 42.1. The Labute approximate surface area is 136 Å². The van der Waals surface area contributed by atoms with Crippen molar-refractivity contribution in [2.45, 2.75) is 19.3 Å². The predicted molar refractivity (Wildman–Crippen MR) is 85.0 cm³/mol. The van der Waals surface area contributed by atoms with Gasteiger partial charge in [0.05, 0.1) is 21.1 Å². The van der Waals surface area contributed by atoms with Gasteiger partial charge in [0, 0.05) is 25.1 Å². The van der Waals surface area contributed by atoms with Crippen LogP contribution in [0.25, 0.3) is 10.2 Å². The lowest BCUT2D eigenvalue weighted by molar-refractivity contribution is -0.130. The molecule has 1 aromatic heterocycles. The molecule has 2 aromatic rings. The van der Waals surface area contributed by atoms with Crippen molar-refractivity contribution < 1.29 is 14.4 Å². The van der Waals surface area contributed by atoms with Crippen molar-refractivity contribution in [3.63, 3.8) is 0 Å². The van der Waals surface area contributed by atoms with Gasteiger partial charge >= 0.3 is 0 Å². The first-order valence-corrected chi connectivity index (χ1v) is 8.42. The number of carbonyl (C=O) groups is 3. The van der Waals surface area contributed by atoms with Gasteiger partial charge in [0.2, 0.25) is 11.8 Å². The predicted octanol–water partition coefficient (Wildman–Crippen LogP) is 1.57. The smallest absolute Gasteiger partial charge is 0.253 e. The molecular weight excluding hydrogens is 314 g/mol. The first kappa shape index (κ1) is 14.3. The molecule has 6 nitrogen and oxygen atoms in total. The molecule has 4 rings (SSSR count). The number of amides is 3. The van der Waals surface area contributed by atoms with Crippen LogP contribution in [0, 0.1) is 5.41 Å². The van der Waals surface area contributed by atoms with Crippen molar-refractivity contribution in [1.82, 2.24) is 15.2 Å². The van der Waals surface area contributed by atoms with Crippen LogP contribution < -0.4 is 5.32 Å². The molecule has 1 aromatic carbocycles. The minimum Gasteiger partial charge on any atom is -0.339 e. The highest BCUT2D eigenvalue weighted by Gasteiger charge is 2.48. The summed E-state index contributed by atoms with van der Waals surface area (Å²) in [5.41, 5.74) is 2.60. The van der Waals surface area contributed by atoms with Crippen LogP contribution >= 0.6 is 11.3 Å². The largest absolute Gasteiger partial charge is 0.339 e. The van der Waals surface area contributed by atoms with E-state index in [1.54, 1.807) is 21.7 Å². The van der Waals surface area contributed by atoms with E-state index in [2.05, 4.69) is 10.3 Å². The van der Waals surface area contributed by atoms with Gasteiger partial charge in [0.1, 0.15) is 0 Å². The van der Waals surface area contributed by atoms with Crippen LogP contribution in [0.1, 0.15) is 29.6 Å². The Morgan fingerprint density at radius 1 is 1.26 bits per heavy atom. The van der Waals surface area contributed by atoms with Gasteiger partial charge in [-0.2, -0.15) is 0 Å². The van der Waals surface area contributed by atoms with Crippen LogP contribution in [0.4, 0.5) is 0 Å². The van der Waals surface area contributed by atoms with E-state index in [1.165, 1.54) is 0 Å². The van der Waals surface area contributed by atoms with Gasteiger partial charge < -0.3 is 4.90 Å². The van der Waals surface area contributed by atoms with E-state index in [0.29, 0.717) is 31.5 Å². The summed E-state index contributed by atoms with van der Waals surface area (Å²) in [6.45, 7) is 0.989. The van der Waals surface area contributed by atoms with E-state index in [-0.39, 0.29) is 24.1 Å². The number of likely N-dealkylation sites (tertiary alicyclic amines) is 1. The second-order valence-corrected chi connectivity index (χ2v) is 7.05. The molecule has 0 saturated carbocycles. The fraction of sp³-hybridized carbons (Fsp3) is 0.375. The van der Waals surface area contributed by atoms with Crippen LogP contribution in [0.3, 0.4) is 0 Å². The third kappa shape index (κ3) is 2.31. The number of aromatic nitrogens is 1. The van der Waals surface area contributed by atoms with Gasteiger partial charge in [-0.3, -0.25) is 19.7 Å². The molecule has 0 unspecified atom stereocenters. The van der Waals surface area contributed by atoms with Crippen molar-refractivity contribution in [1.29, 1.82) is 0 Å². The zero-order valence-electron chi connectivity index (χ0n) is 12.4. The molecule has 3 amide bonds. The van der Waals surface area contributed by atoms with Crippen molar-refractivity contribution in [3.05, 3.63) is 29.3 Å². The van der Waals surface area contributed by atoms with Crippen molar-refractivity contribution >= 4 is 39.3 Å². The Bertz CT molecular complexity index is 821. The van der Waals surface area contributed by atoms with Crippen LogP contribution in [-0.2, 0) is 9.59 Å². The molecule has 23 heavy (non-hydrogen) atoms. The van der Waals surface area contributed by atoms with Crippen LogP contribution in [-0.4, -0.2) is 40.7 Å². The lowest BCUT2D eigenvalue weighted by atomic mass is 9.77. The molecule has 0 atom stereocenters. The minimum atomic E-state index is -0.604. The molecule has 2 saturated heterocycles. The highest BCUT2D eigenvalue weighted by molar-refractivity contribution is 7.16. The number of benzene rings is 1. The number of nitrogens with one attached hydrogen (secondary N) is 1. The Hall–Kier alpha value is -2.28. The molecule has 0 bridgehead atoms. The molecule has 3 heterocycles. The van der Waals surface area contributed by atoms with Crippen molar-refractivity contribution in [3.8, 4) is 0 Å². The quantitative estimate of drug-likeness (QED) is 0.805. The Kier molecular flexibility index (Phi) is 3.19. The van der Waals surface area contributed by atoms with E-state index in [1.807, 2.05) is 18.2 Å². The fourth-order valence-corrected chi connectivity index (χ4v) is 4.06. The lowest BCUT2D eigenvalue weighted by Gasteiger charge is -2.36. The zero-order valence-corrected chi connectivity index (χ0v) is 13.2. The average molecular weight is 329 g/mol. The summed E-state index contributed by atoms with van der Waals surface area (Å²) in [5, 5.41) is 2.38. The van der Waals surface area contributed by atoms with E-state index in [0.717, 1.165) is 10.2 Å². The summed E-state index contributed by atoms with van der Waals surface area (Å²) in [6.07, 6.45) is 1.32. The second kappa shape index (κ2) is 5.13. The normalized spacial score (nSPS) is 20.3. The van der Waals surface area contributed by atoms with Gasteiger partial charge in [-0.25, -0.2) is 4.98 Å². The highest BCUT2D eigenvalue weighted by Crippen LogP contribution is 2.38. The molecule has 0 radical (unpaired) electrons. The summed E-state index contributed by atoms with van der Waals surface area (Å²) in [5.74, 6) is -0.429. The molecule has 1 N–H and O–H groups in total. The molecule has 2 aliphatic rings. The van der Waals surface area contributed by atoms with Gasteiger partial charge in [-0.1, -0.05) is 0 Å². The maximum Gasteiger partial charge on any atom is 0.253 e. The van der Waals surface area contributed by atoms with Crippen LogP contribution in [0.15, 0.2) is 23.7 Å². The molecule has 2 aliphatic heterocycles. The maximum atomic E-state index is 12.6. The summed E-state index contributed by atoms with van der Waals surface area (Å²) in [6, 6.07) is 5.54. The van der Waals surface area contributed by atoms with Gasteiger partial charge in [0.15, 0.2) is 0 Å². The number of carbonyl (C=O) groups excluding carboxylic acids is 3. The number of thiazole rings is 1. The SMILES string of the molecule is O=C1CC2(CCN(C(=O)c3ccc4scnc4c3)CC2)C(=O)N1. The van der Waals surface area contributed by atoms with E-state index < -0.39 is 5.41 Å². The molecule has 0 aliphatic carbocycles. The van der Waals surface area contributed by atoms with Crippen molar-refractivity contribution in [2.75, 3.05) is 13.1 Å². The standard InChI is InChI=1S/C16H15N3O3S/c20-13-8-16(15(22)18-13)3-5-19(6-4-16)14(21)10-1-2-12-11(7-10)17-9-23-12/h1-2,7,9H,3-6,8H2,(H,18,20,22). The number of imide groups is 1. The molecule has 118 valence electrons. The molecule has 1 spiro atoms. The average Bonchev–Trinajstić information content (AvgIpc) is 3.11. The third-order valence-electron chi connectivity index (χ3n) is 4.82. The molecular formula is C16H15N3O3S. The third-order valence-corrected chi connectivity index (χ3v) is 5.63. The van der Waals surface area contributed by atoms with Crippen molar-refractivity contribution in [2.24, 2.45) is 5.41 Å². The second-order valence-electron chi connectivity index (χ2n) is 6.16. The van der Waals surface area contributed by atoms with Gasteiger partial charge in [0.25, 0.3) is 5.91 Å². The van der Waals surface area contributed by atoms with Gasteiger partial charge in [-0.15, -0.1) is 11.3 Å². The number of nitrogens with zero attached hydrogens (tertiary/aromatic N) is 2. The summed E-state index contributed by atoms with van der Waals surface area (Å²) >= 11 is 1.54. The minimum absolute atomic E-state index is 0.0421. The zero-order chi connectivity index (χ0) is 16.0. The van der Waals surface area contributed by atoms with Crippen LogP contribution in [0.2, 0.25) is 0 Å². The number of hydrogen-bond acceptors (Lipinski definition) is 5. The van der Waals surface area contributed by atoms with Crippen LogP contribution in [0.5, 0.6) is 0 Å². The summed E-state index contributed by atoms with van der Waals surface area (Å²) in [7, 11) is 0. The summed E-state index contributed by atoms with van der Waals surface area (Å²) < 4.78 is 1.06. The van der Waals surface area contributed by atoms with E-state index in [9.17, 15) is 14.4 Å². The Balaban J connectivity index is 1.50.